The smallest absolute Gasteiger partial charge is 0.266 e. The molecule has 0 atom stereocenters. The summed E-state index contributed by atoms with van der Waals surface area (Å²) in [5.41, 5.74) is 3.56. The van der Waals surface area contributed by atoms with Crippen LogP contribution in [0.2, 0.25) is 0 Å². The van der Waals surface area contributed by atoms with Gasteiger partial charge in [0.05, 0.1) is 11.2 Å². The molecule has 0 radical (unpaired) electrons. The summed E-state index contributed by atoms with van der Waals surface area (Å²) in [4.78, 5) is 27.2. The number of aromatic nitrogens is 4. The number of imidazole rings is 1. The Balaban J connectivity index is 1.61. The van der Waals surface area contributed by atoms with Crippen molar-refractivity contribution in [2.45, 2.75) is 20.8 Å². The normalized spacial score (nSPS) is 11.0. The minimum Gasteiger partial charge on any atom is -0.321 e. The second-order valence-electron chi connectivity index (χ2n) is 6.06. The molecule has 1 amide bonds. The average molecular weight is 363 g/mol. The van der Waals surface area contributed by atoms with E-state index in [9.17, 15) is 4.79 Å². The Morgan fingerprint density at radius 2 is 1.88 bits per heavy atom. The lowest BCUT2D eigenvalue weighted by Gasteiger charge is -2.07. The molecule has 1 N–H and O–H groups in total. The highest BCUT2D eigenvalue weighted by atomic mass is 32.1. The van der Waals surface area contributed by atoms with Gasteiger partial charge in [0.1, 0.15) is 10.7 Å². The quantitative estimate of drug-likeness (QED) is 0.596. The van der Waals surface area contributed by atoms with Crippen LogP contribution in [0.15, 0.2) is 43.0 Å². The molecule has 4 aromatic rings. The summed E-state index contributed by atoms with van der Waals surface area (Å²) in [5.74, 6) is 0.594. The number of anilines is 1. The summed E-state index contributed by atoms with van der Waals surface area (Å²) < 4.78 is 1.91. The van der Waals surface area contributed by atoms with E-state index in [2.05, 4.69) is 20.3 Å². The third kappa shape index (κ3) is 2.86. The fraction of sp³-hybridized carbons (Fsp3) is 0.158. The molecule has 0 aliphatic carbocycles. The number of aryl methyl sites for hydroxylation is 3. The summed E-state index contributed by atoms with van der Waals surface area (Å²) in [5, 5.41) is 3.94. The molecular formula is C19H17N5OS. The monoisotopic (exact) mass is 363 g/mol. The molecule has 0 saturated heterocycles. The maximum Gasteiger partial charge on any atom is 0.266 e. The minimum absolute atomic E-state index is 0.127. The highest BCUT2D eigenvalue weighted by Gasteiger charge is 2.18. The van der Waals surface area contributed by atoms with Gasteiger partial charge in [-0.2, -0.15) is 0 Å². The number of carbonyl (C=O) groups is 1. The lowest BCUT2D eigenvalue weighted by atomic mass is 10.1. The van der Waals surface area contributed by atoms with Gasteiger partial charge in [0.2, 0.25) is 0 Å². The van der Waals surface area contributed by atoms with Crippen molar-refractivity contribution in [1.82, 2.24) is 19.5 Å². The molecule has 0 fully saturated rings. The zero-order valence-electron chi connectivity index (χ0n) is 14.6. The Labute approximate surface area is 154 Å². The van der Waals surface area contributed by atoms with E-state index in [4.69, 9.17) is 0 Å². The lowest BCUT2D eigenvalue weighted by Crippen LogP contribution is -2.11. The Bertz CT molecular complexity index is 1100. The number of rotatable bonds is 3. The van der Waals surface area contributed by atoms with Gasteiger partial charge in [-0.05, 0) is 50.6 Å². The molecule has 0 aliphatic rings. The van der Waals surface area contributed by atoms with Crippen LogP contribution < -0.4 is 5.32 Å². The van der Waals surface area contributed by atoms with Crippen molar-refractivity contribution in [3.8, 4) is 5.69 Å². The number of carbonyl (C=O) groups excluding carboxylic acids is 1. The van der Waals surface area contributed by atoms with Crippen LogP contribution in [0.25, 0.3) is 15.9 Å². The summed E-state index contributed by atoms with van der Waals surface area (Å²) >= 11 is 1.41. The maximum atomic E-state index is 12.8. The molecule has 3 aromatic heterocycles. The van der Waals surface area contributed by atoms with E-state index in [1.54, 1.807) is 12.5 Å². The van der Waals surface area contributed by atoms with E-state index >= 15 is 0 Å². The number of benzene rings is 1. The molecule has 0 bridgehead atoms. The van der Waals surface area contributed by atoms with Gasteiger partial charge in [-0.3, -0.25) is 4.79 Å². The molecule has 0 spiro atoms. The first-order valence-electron chi connectivity index (χ1n) is 8.17. The van der Waals surface area contributed by atoms with Crippen LogP contribution in [0.1, 0.15) is 26.8 Å². The topological polar surface area (TPSA) is 72.7 Å². The number of thiophene rings is 1. The zero-order valence-corrected chi connectivity index (χ0v) is 15.5. The van der Waals surface area contributed by atoms with Crippen LogP contribution in [0.3, 0.4) is 0 Å². The molecule has 130 valence electrons. The van der Waals surface area contributed by atoms with Gasteiger partial charge in [-0.25, -0.2) is 15.0 Å². The standard InChI is InChI=1S/C19H17N5OS/c1-11-16-12(2)21-13(3)22-19(16)26-17(11)18(25)23-14-4-6-15(7-5-14)24-9-8-20-10-24/h4-10H,1-3H3,(H,23,25). The molecular weight excluding hydrogens is 346 g/mol. The van der Waals surface area contributed by atoms with E-state index in [0.29, 0.717) is 4.88 Å². The van der Waals surface area contributed by atoms with E-state index in [1.807, 2.05) is 55.8 Å². The van der Waals surface area contributed by atoms with Crippen molar-refractivity contribution in [2.24, 2.45) is 0 Å². The van der Waals surface area contributed by atoms with Gasteiger partial charge in [0.25, 0.3) is 5.91 Å². The third-order valence-corrected chi connectivity index (χ3v) is 5.40. The SMILES string of the molecule is Cc1nc(C)c2c(C)c(C(=O)Nc3ccc(-n4ccnc4)cc3)sc2n1. The van der Waals surface area contributed by atoms with E-state index in [1.165, 1.54) is 11.3 Å². The van der Waals surface area contributed by atoms with Gasteiger partial charge in [-0.15, -0.1) is 11.3 Å². The van der Waals surface area contributed by atoms with Gasteiger partial charge in [0.15, 0.2) is 0 Å². The van der Waals surface area contributed by atoms with Crippen molar-refractivity contribution in [3.05, 3.63) is 64.9 Å². The van der Waals surface area contributed by atoms with E-state index < -0.39 is 0 Å². The largest absolute Gasteiger partial charge is 0.321 e. The molecule has 26 heavy (non-hydrogen) atoms. The number of nitrogens with zero attached hydrogens (tertiary/aromatic N) is 4. The molecule has 6 nitrogen and oxygen atoms in total. The summed E-state index contributed by atoms with van der Waals surface area (Å²) in [7, 11) is 0. The van der Waals surface area contributed by atoms with Gasteiger partial charge < -0.3 is 9.88 Å². The van der Waals surface area contributed by atoms with Crippen molar-refractivity contribution < 1.29 is 4.79 Å². The Hall–Kier alpha value is -3.06. The minimum atomic E-state index is -0.127. The first kappa shape index (κ1) is 16.4. The molecule has 0 unspecified atom stereocenters. The number of nitrogens with one attached hydrogen (secondary N) is 1. The Morgan fingerprint density at radius 1 is 1.12 bits per heavy atom. The predicted octanol–water partition coefficient (Wildman–Crippen LogP) is 4.05. The van der Waals surface area contributed by atoms with Crippen molar-refractivity contribution >= 4 is 33.1 Å². The number of hydrogen-bond donors (Lipinski definition) is 1. The highest BCUT2D eigenvalue weighted by Crippen LogP contribution is 2.31. The summed E-state index contributed by atoms with van der Waals surface area (Å²) in [6.07, 6.45) is 5.34. The zero-order chi connectivity index (χ0) is 18.3. The summed E-state index contributed by atoms with van der Waals surface area (Å²) in [6.45, 7) is 5.76. The van der Waals surface area contributed by atoms with Gasteiger partial charge >= 0.3 is 0 Å². The Morgan fingerprint density at radius 3 is 2.58 bits per heavy atom. The average Bonchev–Trinajstić information content (AvgIpc) is 3.24. The number of hydrogen-bond acceptors (Lipinski definition) is 5. The first-order valence-corrected chi connectivity index (χ1v) is 8.98. The molecule has 0 aliphatic heterocycles. The molecule has 0 saturated carbocycles. The fourth-order valence-electron chi connectivity index (χ4n) is 3.01. The van der Waals surface area contributed by atoms with Crippen molar-refractivity contribution in [1.29, 1.82) is 0 Å². The highest BCUT2D eigenvalue weighted by molar-refractivity contribution is 7.20. The van der Waals surface area contributed by atoms with Gasteiger partial charge in [-0.1, -0.05) is 0 Å². The Kier molecular flexibility index (Phi) is 4.00. The molecule has 4 rings (SSSR count). The second kappa shape index (κ2) is 6.34. The van der Waals surface area contributed by atoms with Crippen molar-refractivity contribution in [3.63, 3.8) is 0 Å². The molecule has 1 aromatic carbocycles. The second-order valence-corrected chi connectivity index (χ2v) is 7.06. The van der Waals surface area contributed by atoms with Crippen LogP contribution in [0, 0.1) is 20.8 Å². The van der Waals surface area contributed by atoms with Crippen LogP contribution in [-0.4, -0.2) is 25.4 Å². The molecule has 3 heterocycles. The summed E-state index contributed by atoms with van der Waals surface area (Å²) in [6, 6.07) is 7.64. The lowest BCUT2D eigenvalue weighted by molar-refractivity contribution is 0.103. The maximum absolute atomic E-state index is 12.8. The van der Waals surface area contributed by atoms with Crippen LogP contribution in [0.5, 0.6) is 0 Å². The van der Waals surface area contributed by atoms with Crippen LogP contribution in [0.4, 0.5) is 5.69 Å². The van der Waals surface area contributed by atoms with Crippen LogP contribution >= 0.6 is 11.3 Å². The first-order chi connectivity index (χ1) is 12.5. The number of fused-ring (bicyclic) bond motifs is 1. The number of amides is 1. The van der Waals surface area contributed by atoms with E-state index in [0.717, 1.165) is 38.7 Å². The van der Waals surface area contributed by atoms with E-state index in [-0.39, 0.29) is 5.91 Å². The van der Waals surface area contributed by atoms with Crippen LogP contribution in [-0.2, 0) is 0 Å². The third-order valence-electron chi connectivity index (χ3n) is 4.22. The van der Waals surface area contributed by atoms with Crippen molar-refractivity contribution in [2.75, 3.05) is 5.32 Å². The molecule has 7 heteroatoms. The van der Waals surface area contributed by atoms with Gasteiger partial charge in [0, 0.05) is 34.8 Å². The fourth-order valence-corrected chi connectivity index (χ4v) is 4.18. The predicted molar refractivity (Wildman–Crippen MR) is 103 cm³/mol.